The number of nitrogens with one attached hydrogen (secondary N) is 1. The Balaban J connectivity index is 3.66. The maximum Gasteiger partial charge on any atom is 0.217 e. The second kappa shape index (κ2) is 4.30. The summed E-state index contributed by atoms with van der Waals surface area (Å²) in [5.74, 6) is 5.62. The predicted molar refractivity (Wildman–Crippen MR) is 49.5 cm³/mol. The van der Waals surface area contributed by atoms with Gasteiger partial charge in [0.2, 0.25) is 5.91 Å². The van der Waals surface area contributed by atoms with Crippen LogP contribution in [0.15, 0.2) is 0 Å². The average molecular weight is 171 g/mol. The molecule has 0 saturated heterocycles. The fourth-order valence-corrected chi connectivity index (χ4v) is 0.508. The number of rotatable bonds is 1. The predicted octanol–water partition coefficient (Wildman–Crippen LogP) is 0.834. The summed E-state index contributed by atoms with van der Waals surface area (Å²) in [6, 6.07) is 0. The average Bonchev–Trinajstić information content (AvgIpc) is 1.78. The van der Waals surface area contributed by atoms with Crippen LogP contribution in [0.5, 0.6) is 0 Å². The van der Waals surface area contributed by atoms with Crippen molar-refractivity contribution in [3.8, 4) is 11.8 Å². The molecule has 0 heterocycles. The van der Waals surface area contributed by atoms with Crippen LogP contribution in [0.1, 0.15) is 20.8 Å². The second-order valence-corrected chi connectivity index (χ2v) is 3.89. The van der Waals surface area contributed by atoms with E-state index in [4.69, 9.17) is 0 Å². The Morgan fingerprint density at radius 3 is 2.55 bits per heavy atom. The van der Waals surface area contributed by atoms with Gasteiger partial charge in [-0.2, -0.15) is 12.6 Å². The molecule has 3 heteroatoms. The van der Waals surface area contributed by atoms with Crippen LogP contribution >= 0.6 is 12.6 Å². The van der Waals surface area contributed by atoms with E-state index in [2.05, 4.69) is 29.8 Å². The molecule has 2 nitrogen and oxygen atoms in total. The normalized spacial score (nSPS) is 9.82. The van der Waals surface area contributed by atoms with Gasteiger partial charge in [0.05, 0.1) is 11.3 Å². The van der Waals surface area contributed by atoms with E-state index >= 15 is 0 Å². The van der Waals surface area contributed by atoms with Crippen molar-refractivity contribution in [3.05, 3.63) is 0 Å². The highest BCUT2D eigenvalue weighted by molar-refractivity contribution is 7.82. The zero-order valence-corrected chi connectivity index (χ0v) is 7.96. The van der Waals surface area contributed by atoms with Crippen molar-refractivity contribution in [1.82, 2.24) is 5.32 Å². The van der Waals surface area contributed by atoms with Crippen molar-refractivity contribution in [3.63, 3.8) is 0 Å². The third-order valence-electron chi connectivity index (χ3n) is 0.820. The van der Waals surface area contributed by atoms with Gasteiger partial charge < -0.3 is 5.32 Å². The number of carbonyl (C=O) groups excluding carboxylic acids is 1. The monoisotopic (exact) mass is 171 g/mol. The van der Waals surface area contributed by atoms with Crippen LogP contribution < -0.4 is 5.32 Å². The molecule has 0 bridgehead atoms. The Morgan fingerprint density at radius 1 is 1.64 bits per heavy atom. The molecule has 0 unspecified atom stereocenters. The highest BCUT2D eigenvalue weighted by Gasteiger charge is 2.03. The van der Waals surface area contributed by atoms with Crippen molar-refractivity contribution >= 4 is 18.5 Å². The van der Waals surface area contributed by atoms with Gasteiger partial charge in [0.25, 0.3) is 0 Å². The molecule has 0 spiro atoms. The molecule has 0 atom stereocenters. The Hall–Kier alpha value is -0.620. The van der Waals surface area contributed by atoms with Gasteiger partial charge in [-0.3, -0.25) is 4.79 Å². The first-order chi connectivity index (χ1) is 4.92. The molecule has 62 valence electrons. The van der Waals surface area contributed by atoms with Crippen LogP contribution in [0.2, 0.25) is 0 Å². The Labute approximate surface area is 73.2 Å². The lowest BCUT2D eigenvalue weighted by Gasteiger charge is -2.05. The van der Waals surface area contributed by atoms with Gasteiger partial charge in [-0.05, 0) is 13.8 Å². The zero-order valence-electron chi connectivity index (χ0n) is 7.06. The molecule has 0 rings (SSSR count). The van der Waals surface area contributed by atoms with Crippen molar-refractivity contribution in [2.45, 2.75) is 25.5 Å². The third kappa shape index (κ3) is 9.38. The van der Waals surface area contributed by atoms with Crippen LogP contribution in [-0.4, -0.2) is 17.2 Å². The third-order valence-corrected chi connectivity index (χ3v) is 0.932. The van der Waals surface area contributed by atoms with Crippen LogP contribution in [0.25, 0.3) is 0 Å². The number of hydrogen-bond acceptors (Lipinski definition) is 2. The molecule has 0 aliphatic rings. The van der Waals surface area contributed by atoms with E-state index in [0.717, 1.165) is 0 Å². The largest absolute Gasteiger partial charge is 0.345 e. The van der Waals surface area contributed by atoms with E-state index in [0.29, 0.717) is 6.54 Å². The highest BCUT2D eigenvalue weighted by atomic mass is 32.1. The SMILES string of the molecule is CC(=O)NCC#CC(C)(C)S. The van der Waals surface area contributed by atoms with E-state index in [-0.39, 0.29) is 10.7 Å². The van der Waals surface area contributed by atoms with Crippen molar-refractivity contribution in [2.24, 2.45) is 0 Å². The number of carbonyl (C=O) groups is 1. The summed E-state index contributed by atoms with van der Waals surface area (Å²) in [6.45, 7) is 5.67. The molecule has 0 aromatic heterocycles. The summed E-state index contributed by atoms with van der Waals surface area (Å²) in [5.41, 5.74) is 0. The molecule has 1 amide bonds. The van der Waals surface area contributed by atoms with Crippen LogP contribution in [0.4, 0.5) is 0 Å². The van der Waals surface area contributed by atoms with Crippen LogP contribution in [-0.2, 0) is 4.79 Å². The lowest BCUT2D eigenvalue weighted by molar-refractivity contribution is -0.118. The van der Waals surface area contributed by atoms with Crippen molar-refractivity contribution in [1.29, 1.82) is 0 Å². The Bertz CT molecular complexity index is 194. The first kappa shape index (κ1) is 10.4. The summed E-state index contributed by atoms with van der Waals surface area (Å²) < 4.78 is -0.279. The van der Waals surface area contributed by atoms with Crippen molar-refractivity contribution < 1.29 is 4.79 Å². The first-order valence-electron chi connectivity index (χ1n) is 3.38. The van der Waals surface area contributed by atoms with E-state index < -0.39 is 0 Å². The summed E-state index contributed by atoms with van der Waals surface area (Å²) >= 11 is 4.19. The molecule has 1 N–H and O–H groups in total. The topological polar surface area (TPSA) is 29.1 Å². The maximum atomic E-state index is 10.4. The smallest absolute Gasteiger partial charge is 0.217 e. The quantitative estimate of drug-likeness (QED) is 0.444. The van der Waals surface area contributed by atoms with Gasteiger partial charge in [0, 0.05) is 6.92 Å². The molecule has 11 heavy (non-hydrogen) atoms. The van der Waals surface area contributed by atoms with E-state index in [1.54, 1.807) is 0 Å². The van der Waals surface area contributed by atoms with Gasteiger partial charge in [-0.25, -0.2) is 0 Å². The zero-order chi connectivity index (χ0) is 8.91. The van der Waals surface area contributed by atoms with Gasteiger partial charge >= 0.3 is 0 Å². The Morgan fingerprint density at radius 2 is 2.18 bits per heavy atom. The van der Waals surface area contributed by atoms with Crippen LogP contribution in [0, 0.1) is 11.8 Å². The molecule has 0 fully saturated rings. The number of amides is 1. The molecule has 0 aromatic carbocycles. The van der Waals surface area contributed by atoms with Crippen molar-refractivity contribution in [2.75, 3.05) is 6.54 Å². The molecule has 0 aliphatic carbocycles. The number of thiol groups is 1. The van der Waals surface area contributed by atoms with Crippen LogP contribution in [0.3, 0.4) is 0 Å². The first-order valence-corrected chi connectivity index (χ1v) is 3.83. The summed E-state index contributed by atoms with van der Waals surface area (Å²) in [4.78, 5) is 10.4. The summed E-state index contributed by atoms with van der Waals surface area (Å²) in [6.07, 6.45) is 0. The fourth-order valence-electron chi connectivity index (χ4n) is 0.429. The second-order valence-electron chi connectivity index (χ2n) is 2.77. The summed E-state index contributed by atoms with van der Waals surface area (Å²) in [7, 11) is 0. The lowest BCUT2D eigenvalue weighted by atomic mass is 10.2. The van der Waals surface area contributed by atoms with Gasteiger partial charge in [0.1, 0.15) is 0 Å². The molecule has 0 aromatic rings. The maximum absolute atomic E-state index is 10.4. The lowest BCUT2D eigenvalue weighted by Crippen LogP contribution is -2.20. The molecule has 0 saturated carbocycles. The van der Waals surface area contributed by atoms with E-state index in [9.17, 15) is 4.79 Å². The highest BCUT2D eigenvalue weighted by Crippen LogP contribution is 2.08. The molecular formula is C8H13NOS. The molecular weight excluding hydrogens is 158 g/mol. The Kier molecular flexibility index (Phi) is 4.06. The van der Waals surface area contributed by atoms with E-state index in [1.165, 1.54) is 6.92 Å². The van der Waals surface area contributed by atoms with Gasteiger partial charge in [-0.1, -0.05) is 11.8 Å². The van der Waals surface area contributed by atoms with Gasteiger partial charge in [-0.15, -0.1) is 0 Å². The minimum absolute atomic E-state index is 0.0590. The summed E-state index contributed by atoms with van der Waals surface area (Å²) in [5, 5.41) is 2.57. The molecule has 0 aliphatic heterocycles. The van der Waals surface area contributed by atoms with E-state index in [1.807, 2.05) is 13.8 Å². The minimum Gasteiger partial charge on any atom is -0.345 e. The number of hydrogen-bond donors (Lipinski definition) is 2. The standard InChI is InChI=1S/C8H13NOS/c1-7(10)9-6-4-5-8(2,3)11/h11H,6H2,1-3H3,(H,9,10). The molecule has 0 radical (unpaired) electrons. The fraction of sp³-hybridized carbons (Fsp3) is 0.625. The van der Waals surface area contributed by atoms with Gasteiger partial charge in [0.15, 0.2) is 0 Å². The minimum atomic E-state index is -0.279.